The molecule has 19 heteroatoms. The summed E-state index contributed by atoms with van der Waals surface area (Å²) in [6, 6.07) is 24.2. The topological polar surface area (TPSA) is 237 Å². The molecule has 356 valence electrons. The molecule has 6 aromatic rings. The van der Waals surface area contributed by atoms with Gasteiger partial charge in [-0.3, -0.25) is 14.4 Å². The summed E-state index contributed by atoms with van der Waals surface area (Å²) >= 11 is 0. The maximum absolute atomic E-state index is 12.5. The van der Waals surface area contributed by atoms with Crippen LogP contribution in [0.3, 0.4) is 0 Å². The van der Waals surface area contributed by atoms with Gasteiger partial charge in [-0.05, 0) is 58.2 Å². The number of rotatable bonds is 17. The number of aliphatic carboxylic acids is 2. The quantitative estimate of drug-likeness (QED) is 0.0783. The van der Waals surface area contributed by atoms with Crippen LogP contribution in [-0.4, -0.2) is 83.5 Å². The number of fused-ring (bicyclic) bond motifs is 4. The molecule has 3 aromatic heterocycles. The van der Waals surface area contributed by atoms with E-state index in [2.05, 4.69) is 39.0 Å². The van der Waals surface area contributed by atoms with Crippen molar-refractivity contribution in [3.8, 4) is 28.9 Å². The second-order valence-electron chi connectivity index (χ2n) is 16.6. The van der Waals surface area contributed by atoms with Gasteiger partial charge < -0.3 is 63.1 Å². The van der Waals surface area contributed by atoms with Crippen molar-refractivity contribution in [3.05, 3.63) is 134 Å². The number of ether oxygens (including phenoxy) is 7. The Labute approximate surface area is 389 Å². The lowest BCUT2D eigenvalue weighted by molar-refractivity contribution is -0.138. The van der Waals surface area contributed by atoms with Crippen molar-refractivity contribution in [1.82, 2.24) is 14.9 Å². The van der Waals surface area contributed by atoms with E-state index in [1.165, 1.54) is 10.8 Å². The molecule has 0 saturated heterocycles. The van der Waals surface area contributed by atoms with Gasteiger partial charge in [-0.1, -0.05) is 30.3 Å². The van der Waals surface area contributed by atoms with Gasteiger partial charge in [0.25, 0.3) is 11.4 Å². The number of hydrogen-bond donors (Lipinski definition) is 4. The van der Waals surface area contributed by atoms with Gasteiger partial charge in [-0.25, -0.2) is 4.98 Å². The zero-order chi connectivity index (χ0) is 46.8. The van der Waals surface area contributed by atoms with Crippen LogP contribution in [-0.2, 0) is 64.5 Å². The van der Waals surface area contributed by atoms with Crippen molar-refractivity contribution in [3.63, 3.8) is 0 Å². The molecule has 0 radical (unpaired) electrons. The van der Waals surface area contributed by atoms with Crippen molar-refractivity contribution in [2.75, 3.05) is 57.1 Å². The number of hydrogen-bond acceptors (Lipinski definition) is 16. The van der Waals surface area contributed by atoms with Gasteiger partial charge >= 0.3 is 11.9 Å². The minimum absolute atomic E-state index is 0.0477. The minimum Gasteiger partial charge on any atom is -0.481 e. The lowest BCUT2D eigenvalue weighted by atomic mass is 9.91. The fourth-order valence-corrected chi connectivity index (χ4v) is 8.35. The molecule has 2 atom stereocenters. The lowest BCUT2D eigenvalue weighted by Crippen LogP contribution is -2.15. The van der Waals surface area contributed by atoms with Gasteiger partial charge in [0.2, 0.25) is 13.6 Å². The Hall–Kier alpha value is -7.51. The maximum atomic E-state index is 12.5. The zero-order valence-corrected chi connectivity index (χ0v) is 37.1. The van der Waals surface area contributed by atoms with Crippen molar-refractivity contribution in [1.29, 1.82) is 0 Å². The summed E-state index contributed by atoms with van der Waals surface area (Å²) < 4.78 is 50.9. The van der Waals surface area contributed by atoms with E-state index in [-0.39, 0.29) is 50.2 Å². The Kier molecular flexibility index (Phi) is 14.4. The van der Waals surface area contributed by atoms with E-state index < -0.39 is 11.9 Å². The number of anilines is 2. The summed E-state index contributed by atoms with van der Waals surface area (Å²) in [5, 5.41) is 29.4. The molecule has 19 nitrogen and oxygen atoms in total. The molecule has 0 aliphatic carbocycles. The number of aromatic nitrogens is 3. The summed E-state index contributed by atoms with van der Waals surface area (Å²) in [5.41, 5.74) is 6.61. The molecule has 4 N–H and O–H groups in total. The summed E-state index contributed by atoms with van der Waals surface area (Å²) in [4.78, 5) is 40.1. The molecular weight excluding hydrogens is 883 g/mol. The van der Waals surface area contributed by atoms with Crippen LogP contribution in [0.4, 0.5) is 11.5 Å². The first kappa shape index (κ1) is 45.6. The average Bonchev–Trinajstić information content (AvgIpc) is 4.11. The van der Waals surface area contributed by atoms with Crippen LogP contribution in [0, 0.1) is 0 Å². The molecule has 3 aromatic carbocycles. The average molecular weight is 934 g/mol. The summed E-state index contributed by atoms with van der Waals surface area (Å²) in [7, 11) is 0. The van der Waals surface area contributed by atoms with E-state index in [0.717, 1.165) is 58.0 Å². The fraction of sp³-hybridized carbons (Fsp3) is 0.367. The van der Waals surface area contributed by atoms with E-state index in [9.17, 15) is 24.6 Å². The highest BCUT2D eigenvalue weighted by Gasteiger charge is 2.25. The highest BCUT2D eigenvalue weighted by molar-refractivity contribution is 5.69. The van der Waals surface area contributed by atoms with Crippen molar-refractivity contribution < 1.29 is 62.0 Å². The summed E-state index contributed by atoms with van der Waals surface area (Å²) in [6.07, 6.45) is 1.73. The van der Waals surface area contributed by atoms with E-state index in [0.29, 0.717) is 99.4 Å². The molecule has 10 rings (SSSR count). The van der Waals surface area contributed by atoms with Crippen LogP contribution < -0.4 is 39.9 Å². The normalized spacial score (nSPS) is 15.2. The lowest BCUT2D eigenvalue weighted by Gasteiger charge is -2.14. The minimum atomic E-state index is -0.933. The third kappa shape index (κ3) is 11.7. The summed E-state index contributed by atoms with van der Waals surface area (Å²) in [5.74, 6) is 2.18. The number of carboxylic acids is 2. The van der Waals surface area contributed by atoms with Crippen LogP contribution in [0.1, 0.15) is 69.7 Å². The molecule has 4 aliphatic heterocycles. The Bertz CT molecular complexity index is 2780. The second-order valence-corrected chi connectivity index (χ2v) is 16.6. The van der Waals surface area contributed by atoms with E-state index in [1.807, 2.05) is 30.3 Å². The number of carbonyl (C=O) groups is 2. The van der Waals surface area contributed by atoms with Gasteiger partial charge in [0.1, 0.15) is 17.3 Å². The first-order chi connectivity index (χ1) is 33.2. The van der Waals surface area contributed by atoms with Crippen LogP contribution in [0.15, 0.2) is 92.7 Å². The van der Waals surface area contributed by atoms with E-state index >= 15 is 0 Å². The Morgan fingerprint density at radius 2 is 1.35 bits per heavy atom. The van der Waals surface area contributed by atoms with Crippen LogP contribution in [0.2, 0.25) is 0 Å². The van der Waals surface area contributed by atoms with Gasteiger partial charge in [0.05, 0.1) is 52.4 Å². The van der Waals surface area contributed by atoms with Crippen LogP contribution in [0.25, 0.3) is 0 Å². The fourth-order valence-electron chi connectivity index (χ4n) is 8.35. The number of nitrogens with one attached hydrogen (secondary N) is 2. The molecule has 0 saturated carbocycles. The molecule has 2 unspecified atom stereocenters. The molecule has 4 aliphatic rings. The maximum Gasteiger partial charge on any atom is 0.303 e. The van der Waals surface area contributed by atoms with Crippen molar-refractivity contribution in [2.45, 2.75) is 70.1 Å². The molecule has 0 fully saturated rings. The smallest absolute Gasteiger partial charge is 0.303 e. The van der Waals surface area contributed by atoms with E-state index in [1.54, 1.807) is 24.3 Å². The van der Waals surface area contributed by atoms with Crippen LogP contribution >= 0.6 is 0 Å². The second kappa shape index (κ2) is 21.4. The number of pyridine rings is 1. The van der Waals surface area contributed by atoms with Crippen LogP contribution in [0.5, 0.6) is 28.9 Å². The predicted molar refractivity (Wildman–Crippen MR) is 242 cm³/mol. The summed E-state index contributed by atoms with van der Waals surface area (Å²) in [6.45, 7) is 5.05. The Morgan fingerprint density at radius 3 is 2.06 bits per heavy atom. The highest BCUT2D eigenvalue weighted by atomic mass is 16.7. The first-order valence-electron chi connectivity index (χ1n) is 22.4. The Morgan fingerprint density at radius 1 is 0.706 bits per heavy atom. The monoisotopic (exact) mass is 933 g/mol. The van der Waals surface area contributed by atoms with E-state index in [4.69, 9.17) is 42.2 Å². The highest BCUT2D eigenvalue weighted by Crippen LogP contribution is 2.38. The standard InChI is InChI=1S/C25H26N2O7.C24H25N3O7/c28-25(29)12-19(17-3-4-22-23(11-17)33-15-32-22)10-20-13-24(27-34-20)31-7-5-16-1-2-18-14-30-8-6-26-21(18)9-16;28-22-12-19(9-17(11-23(29)30)15-2-4-20-21(10-15)33-14-32-20)34-27(22)7-5-18-3-1-16-13-31-8-6-25-24(16)26-18/h1-4,9,11,13,19,26H,5-8,10,12,14-15H2,(H,28,29);1-4,10,12,17H,5-9,11,13-14H2,(H,25,26)(H,29,30). The van der Waals surface area contributed by atoms with Gasteiger partial charge in [0, 0.05) is 85.2 Å². The van der Waals surface area contributed by atoms with Gasteiger partial charge in [0.15, 0.2) is 23.0 Å². The number of nitrogens with zero attached hydrogens (tertiary/aromatic N) is 3. The van der Waals surface area contributed by atoms with Gasteiger partial charge in [-0.2, -0.15) is 4.74 Å². The molecular formula is C49H51N5O14. The predicted octanol–water partition coefficient (Wildman–Crippen LogP) is 6.32. The number of benzene rings is 3. The molecule has 7 heterocycles. The Balaban J connectivity index is 0.000000170. The van der Waals surface area contributed by atoms with Crippen molar-refractivity contribution >= 4 is 23.4 Å². The van der Waals surface area contributed by atoms with Gasteiger partial charge in [-0.15, -0.1) is 0 Å². The number of aryl methyl sites for hydroxylation is 2. The van der Waals surface area contributed by atoms with Crippen molar-refractivity contribution in [2.24, 2.45) is 0 Å². The third-order valence-corrected chi connectivity index (χ3v) is 11.8. The SMILES string of the molecule is O=C(O)CC(Cc1cc(=O)n(CCc2ccc3c(n2)NCCOC3)o1)c1ccc2c(c1)OCO2.O=C(O)CC(Cc1cc(OCCc2ccc3c(c2)NCCOC3)no1)c1ccc2c(c1)OCO2. The largest absolute Gasteiger partial charge is 0.481 e. The molecule has 68 heavy (non-hydrogen) atoms. The molecule has 0 bridgehead atoms. The number of carboxylic acid groups (broad SMARTS) is 2. The molecule has 0 amide bonds. The molecule has 0 spiro atoms. The third-order valence-electron chi connectivity index (χ3n) is 11.8. The first-order valence-corrected chi connectivity index (χ1v) is 22.4. The zero-order valence-electron chi connectivity index (χ0n) is 37.1.